The van der Waals surface area contributed by atoms with Crippen molar-refractivity contribution in [3.8, 4) is 0 Å². The van der Waals surface area contributed by atoms with E-state index in [9.17, 15) is 4.79 Å². The van der Waals surface area contributed by atoms with Crippen LogP contribution in [0.15, 0.2) is 35.1 Å². The van der Waals surface area contributed by atoms with Crippen LogP contribution in [0.4, 0.5) is 11.5 Å². The minimum Gasteiger partial charge on any atom is -0.339 e. The lowest BCUT2D eigenvalue weighted by atomic mass is 10.2. The predicted octanol–water partition coefficient (Wildman–Crippen LogP) is 2.62. The monoisotopic (exact) mass is 268 g/mol. The molecule has 5 nitrogen and oxygen atoms in total. The summed E-state index contributed by atoms with van der Waals surface area (Å²) in [7, 11) is 1.90. The fourth-order valence-corrected chi connectivity index (χ4v) is 2.37. The summed E-state index contributed by atoms with van der Waals surface area (Å²) in [6.45, 7) is 3.93. The van der Waals surface area contributed by atoms with Gasteiger partial charge in [0.2, 0.25) is 0 Å². The van der Waals surface area contributed by atoms with Gasteiger partial charge in [-0.25, -0.2) is 0 Å². The number of nitrogens with zero attached hydrogens (tertiary/aromatic N) is 2. The summed E-state index contributed by atoms with van der Waals surface area (Å²) >= 11 is 0. The lowest BCUT2D eigenvalue weighted by Crippen LogP contribution is -2.09. The highest BCUT2D eigenvalue weighted by Gasteiger charge is 2.10. The van der Waals surface area contributed by atoms with Crippen molar-refractivity contribution in [3.05, 3.63) is 52.1 Å². The molecule has 0 unspecified atom stereocenters. The Kier molecular flexibility index (Phi) is 2.82. The van der Waals surface area contributed by atoms with Gasteiger partial charge in [-0.1, -0.05) is 18.2 Å². The Morgan fingerprint density at radius 1 is 1.25 bits per heavy atom. The lowest BCUT2D eigenvalue weighted by Gasteiger charge is -2.08. The van der Waals surface area contributed by atoms with Crippen LogP contribution >= 0.6 is 0 Å². The van der Waals surface area contributed by atoms with Gasteiger partial charge >= 0.3 is 0 Å². The van der Waals surface area contributed by atoms with E-state index in [1.165, 1.54) is 0 Å². The molecule has 0 aliphatic heterocycles. The number of pyridine rings is 1. The fourth-order valence-electron chi connectivity index (χ4n) is 2.37. The van der Waals surface area contributed by atoms with Crippen LogP contribution < -0.4 is 10.9 Å². The quantitative estimate of drug-likeness (QED) is 0.751. The topological polar surface area (TPSA) is 62.7 Å². The Labute approximate surface area is 116 Å². The van der Waals surface area contributed by atoms with Crippen molar-refractivity contribution in [2.75, 3.05) is 5.32 Å². The predicted molar refractivity (Wildman–Crippen MR) is 80.5 cm³/mol. The molecule has 0 atom stereocenters. The summed E-state index contributed by atoms with van der Waals surface area (Å²) in [5, 5.41) is 9.22. The Balaban J connectivity index is 2.09. The Morgan fingerprint density at radius 2 is 2.00 bits per heavy atom. The Morgan fingerprint density at radius 3 is 2.70 bits per heavy atom. The zero-order valence-electron chi connectivity index (χ0n) is 11.7. The van der Waals surface area contributed by atoms with Gasteiger partial charge in [-0.15, -0.1) is 0 Å². The normalized spacial score (nSPS) is 10.9. The van der Waals surface area contributed by atoms with Crippen LogP contribution in [0.3, 0.4) is 0 Å². The van der Waals surface area contributed by atoms with Crippen LogP contribution in [0, 0.1) is 13.8 Å². The van der Waals surface area contributed by atoms with Gasteiger partial charge in [0.15, 0.2) is 0 Å². The second kappa shape index (κ2) is 4.52. The van der Waals surface area contributed by atoms with Crippen molar-refractivity contribution < 1.29 is 0 Å². The second-order valence-corrected chi connectivity index (χ2v) is 4.89. The number of fused-ring (bicyclic) bond motifs is 1. The molecule has 3 rings (SSSR count). The molecular formula is C15H16N4O. The van der Waals surface area contributed by atoms with Crippen LogP contribution in [-0.4, -0.2) is 14.8 Å². The largest absolute Gasteiger partial charge is 0.339 e. The number of aromatic nitrogens is 3. The van der Waals surface area contributed by atoms with E-state index < -0.39 is 0 Å². The van der Waals surface area contributed by atoms with Gasteiger partial charge in [-0.2, -0.15) is 5.10 Å². The van der Waals surface area contributed by atoms with E-state index in [2.05, 4.69) is 15.4 Å². The highest BCUT2D eigenvalue weighted by Crippen LogP contribution is 2.23. The third-order valence-electron chi connectivity index (χ3n) is 3.52. The molecule has 0 saturated heterocycles. The SMILES string of the molecule is Cc1nn(C)c(C)c1Nc1cc2ccccc2c(=O)[nH]1. The third-order valence-corrected chi connectivity index (χ3v) is 3.52. The number of hydrogen-bond donors (Lipinski definition) is 2. The number of aromatic amines is 1. The zero-order chi connectivity index (χ0) is 14.3. The molecule has 0 saturated carbocycles. The number of rotatable bonds is 2. The van der Waals surface area contributed by atoms with Gasteiger partial charge < -0.3 is 10.3 Å². The average Bonchev–Trinajstić information content (AvgIpc) is 2.66. The Bertz CT molecular complexity index is 845. The standard InChI is InChI=1S/C15H16N4O/c1-9-14(10(2)19(3)18-9)16-13-8-11-6-4-5-7-12(11)15(20)17-13/h4-8H,1-3H3,(H2,16,17,20). The van der Waals surface area contributed by atoms with E-state index >= 15 is 0 Å². The fraction of sp³-hybridized carbons (Fsp3) is 0.200. The van der Waals surface area contributed by atoms with Crippen molar-refractivity contribution in [3.63, 3.8) is 0 Å². The average molecular weight is 268 g/mol. The number of nitrogens with one attached hydrogen (secondary N) is 2. The highest BCUT2D eigenvalue weighted by atomic mass is 16.1. The molecule has 5 heteroatoms. The van der Waals surface area contributed by atoms with Crippen LogP contribution in [0.1, 0.15) is 11.4 Å². The maximum absolute atomic E-state index is 12.0. The summed E-state index contributed by atoms with van der Waals surface area (Å²) < 4.78 is 1.82. The van der Waals surface area contributed by atoms with Crippen molar-refractivity contribution in [1.29, 1.82) is 0 Å². The molecule has 102 valence electrons. The summed E-state index contributed by atoms with van der Waals surface area (Å²) in [5.74, 6) is 0.674. The molecule has 2 aromatic heterocycles. The molecule has 1 aromatic carbocycles. The smallest absolute Gasteiger partial charge is 0.257 e. The molecule has 0 bridgehead atoms. The summed E-state index contributed by atoms with van der Waals surface area (Å²) in [5.41, 5.74) is 2.76. The first kappa shape index (κ1) is 12.5. The van der Waals surface area contributed by atoms with Crippen LogP contribution in [0.5, 0.6) is 0 Å². The number of hydrogen-bond acceptors (Lipinski definition) is 3. The number of anilines is 2. The molecule has 0 fully saturated rings. The van der Waals surface area contributed by atoms with E-state index in [1.807, 2.05) is 55.9 Å². The Hall–Kier alpha value is -2.56. The zero-order valence-corrected chi connectivity index (χ0v) is 11.7. The summed E-state index contributed by atoms with van der Waals surface area (Å²) in [4.78, 5) is 14.9. The first-order chi connectivity index (χ1) is 9.56. The van der Waals surface area contributed by atoms with Crippen LogP contribution in [0.2, 0.25) is 0 Å². The molecule has 2 N–H and O–H groups in total. The first-order valence-electron chi connectivity index (χ1n) is 6.45. The van der Waals surface area contributed by atoms with Crippen molar-refractivity contribution in [1.82, 2.24) is 14.8 Å². The minimum atomic E-state index is -0.0928. The summed E-state index contributed by atoms with van der Waals surface area (Å²) in [6.07, 6.45) is 0. The number of benzene rings is 1. The molecule has 3 aromatic rings. The van der Waals surface area contributed by atoms with Crippen LogP contribution in [0.25, 0.3) is 10.8 Å². The second-order valence-electron chi connectivity index (χ2n) is 4.89. The van der Waals surface area contributed by atoms with Gasteiger partial charge in [0, 0.05) is 12.4 Å². The number of H-pyrrole nitrogens is 1. The van der Waals surface area contributed by atoms with Gasteiger partial charge in [0.1, 0.15) is 5.82 Å². The molecule has 0 spiro atoms. The van der Waals surface area contributed by atoms with E-state index in [0.29, 0.717) is 11.2 Å². The van der Waals surface area contributed by atoms with Gasteiger partial charge in [-0.05, 0) is 31.4 Å². The van der Waals surface area contributed by atoms with E-state index in [1.54, 1.807) is 0 Å². The van der Waals surface area contributed by atoms with Crippen molar-refractivity contribution in [2.24, 2.45) is 7.05 Å². The number of aryl methyl sites for hydroxylation is 2. The van der Waals surface area contributed by atoms with Gasteiger partial charge in [0.25, 0.3) is 5.56 Å². The molecule has 2 heterocycles. The molecule has 0 radical (unpaired) electrons. The first-order valence-corrected chi connectivity index (χ1v) is 6.45. The van der Waals surface area contributed by atoms with E-state index in [0.717, 1.165) is 22.5 Å². The molecule has 0 amide bonds. The molecule has 0 aliphatic rings. The van der Waals surface area contributed by atoms with Gasteiger partial charge in [0.05, 0.1) is 17.1 Å². The van der Waals surface area contributed by atoms with Gasteiger partial charge in [-0.3, -0.25) is 9.48 Å². The molecular weight excluding hydrogens is 252 g/mol. The maximum atomic E-state index is 12.0. The lowest BCUT2D eigenvalue weighted by molar-refractivity contribution is 0.731. The van der Waals surface area contributed by atoms with Crippen molar-refractivity contribution in [2.45, 2.75) is 13.8 Å². The van der Waals surface area contributed by atoms with Crippen LogP contribution in [-0.2, 0) is 7.05 Å². The third kappa shape index (κ3) is 1.97. The molecule has 20 heavy (non-hydrogen) atoms. The minimum absolute atomic E-state index is 0.0928. The molecule has 0 aliphatic carbocycles. The van der Waals surface area contributed by atoms with Crippen molar-refractivity contribution >= 4 is 22.3 Å². The maximum Gasteiger partial charge on any atom is 0.257 e. The van der Waals surface area contributed by atoms with E-state index in [-0.39, 0.29) is 5.56 Å². The highest BCUT2D eigenvalue weighted by molar-refractivity contribution is 5.84. The van der Waals surface area contributed by atoms with E-state index in [4.69, 9.17) is 0 Å². The summed E-state index contributed by atoms with van der Waals surface area (Å²) in [6, 6.07) is 9.46.